The summed E-state index contributed by atoms with van der Waals surface area (Å²) >= 11 is 0. The second-order valence-electron chi connectivity index (χ2n) is 3.78. The molecule has 2 nitrogen and oxygen atoms in total. The normalized spacial score (nSPS) is 18.7. The summed E-state index contributed by atoms with van der Waals surface area (Å²) in [5.74, 6) is 0.790. The van der Waals surface area contributed by atoms with E-state index in [2.05, 4.69) is 5.32 Å². The highest BCUT2D eigenvalue weighted by molar-refractivity contribution is 5.30. The predicted octanol–water partition coefficient (Wildman–Crippen LogP) is 1.55. The van der Waals surface area contributed by atoms with Gasteiger partial charge in [-0.05, 0) is 17.7 Å². The number of nitrogens with one attached hydrogen (secondary N) is 1. The van der Waals surface area contributed by atoms with Crippen molar-refractivity contribution in [3.63, 3.8) is 0 Å². The average Bonchev–Trinajstić information content (AvgIpc) is 2.16. The van der Waals surface area contributed by atoms with Gasteiger partial charge in [-0.25, -0.2) is 4.39 Å². The summed E-state index contributed by atoms with van der Waals surface area (Å²) in [6, 6.07) is 7.58. The molecule has 1 aliphatic rings. The number of hydrogen-bond donors (Lipinski definition) is 1. The molecule has 14 heavy (non-hydrogen) atoms. The van der Waals surface area contributed by atoms with Gasteiger partial charge < -0.3 is 10.1 Å². The Morgan fingerprint density at radius 2 is 2.29 bits per heavy atom. The predicted molar refractivity (Wildman–Crippen MR) is 53.4 cm³/mol. The van der Waals surface area contributed by atoms with Gasteiger partial charge in [0.25, 0.3) is 0 Å². The lowest BCUT2D eigenvalue weighted by molar-refractivity contribution is 0.0911. The zero-order valence-corrected chi connectivity index (χ0v) is 8.22. The molecular formula is C11H14FNO. The smallest absolute Gasteiger partial charge is 0.139 e. The van der Waals surface area contributed by atoms with E-state index < -0.39 is 5.67 Å². The molecule has 3 heteroatoms. The zero-order valence-electron chi connectivity index (χ0n) is 8.22. The van der Waals surface area contributed by atoms with Crippen LogP contribution < -0.4 is 10.1 Å². The van der Waals surface area contributed by atoms with Gasteiger partial charge in [0.1, 0.15) is 11.4 Å². The number of alkyl halides is 1. The van der Waals surface area contributed by atoms with Crippen molar-refractivity contribution in [2.75, 3.05) is 20.2 Å². The molecule has 0 aliphatic carbocycles. The Labute approximate surface area is 83.1 Å². The molecule has 0 bridgehead atoms. The average molecular weight is 195 g/mol. The number of methoxy groups -OCH3 is 1. The number of rotatable bonds is 3. The highest BCUT2D eigenvalue weighted by atomic mass is 19.1. The molecule has 1 fully saturated rings. The van der Waals surface area contributed by atoms with E-state index >= 15 is 0 Å². The van der Waals surface area contributed by atoms with Crippen molar-refractivity contribution in [3.05, 3.63) is 29.8 Å². The Hall–Kier alpha value is -1.09. The molecule has 0 spiro atoms. The first-order valence-electron chi connectivity index (χ1n) is 4.74. The molecule has 76 valence electrons. The van der Waals surface area contributed by atoms with Gasteiger partial charge in [0.05, 0.1) is 7.11 Å². The molecule has 0 aromatic heterocycles. The van der Waals surface area contributed by atoms with Crippen molar-refractivity contribution in [3.8, 4) is 5.75 Å². The standard InChI is InChI=1S/C11H14FNO/c1-14-10-4-2-3-9(5-10)6-11(12)7-13-8-11/h2-5,13H,6-8H2,1H3. The van der Waals surface area contributed by atoms with E-state index in [4.69, 9.17) is 4.74 Å². The van der Waals surface area contributed by atoms with E-state index in [1.807, 2.05) is 24.3 Å². The fourth-order valence-corrected chi connectivity index (χ4v) is 1.67. The summed E-state index contributed by atoms with van der Waals surface area (Å²) in [4.78, 5) is 0. The number of hydrogen-bond acceptors (Lipinski definition) is 2. The number of benzene rings is 1. The third kappa shape index (κ3) is 1.87. The van der Waals surface area contributed by atoms with Crippen molar-refractivity contribution in [2.24, 2.45) is 0 Å². The topological polar surface area (TPSA) is 21.3 Å². The van der Waals surface area contributed by atoms with E-state index in [1.165, 1.54) is 0 Å². The SMILES string of the molecule is COc1cccc(CC2(F)CNC2)c1. The molecule has 0 unspecified atom stereocenters. The van der Waals surface area contributed by atoms with E-state index in [1.54, 1.807) is 7.11 Å². The molecule has 1 aromatic rings. The Balaban J connectivity index is 2.08. The molecule has 1 N–H and O–H groups in total. The molecule has 1 saturated heterocycles. The number of ether oxygens (including phenoxy) is 1. The Kier molecular flexibility index (Phi) is 2.42. The maximum absolute atomic E-state index is 13.7. The van der Waals surface area contributed by atoms with Crippen molar-refractivity contribution in [1.82, 2.24) is 5.32 Å². The summed E-state index contributed by atoms with van der Waals surface area (Å²) < 4.78 is 18.8. The van der Waals surface area contributed by atoms with Crippen molar-refractivity contribution < 1.29 is 9.13 Å². The Morgan fingerprint density at radius 3 is 2.86 bits per heavy atom. The Morgan fingerprint density at radius 1 is 1.50 bits per heavy atom. The lowest BCUT2D eigenvalue weighted by Crippen LogP contribution is -2.57. The maximum atomic E-state index is 13.7. The van der Waals surface area contributed by atoms with E-state index in [9.17, 15) is 4.39 Å². The minimum Gasteiger partial charge on any atom is -0.497 e. The number of halogens is 1. The van der Waals surface area contributed by atoms with Crippen molar-refractivity contribution in [2.45, 2.75) is 12.1 Å². The van der Waals surface area contributed by atoms with Crippen molar-refractivity contribution >= 4 is 0 Å². The van der Waals surface area contributed by atoms with E-state index in [-0.39, 0.29) is 0 Å². The van der Waals surface area contributed by atoms with Gasteiger partial charge in [0.2, 0.25) is 0 Å². The highest BCUT2D eigenvalue weighted by Gasteiger charge is 2.36. The van der Waals surface area contributed by atoms with Gasteiger partial charge in [0.15, 0.2) is 0 Å². The molecular weight excluding hydrogens is 181 g/mol. The third-order valence-electron chi connectivity index (χ3n) is 2.54. The van der Waals surface area contributed by atoms with Gasteiger partial charge in [-0.2, -0.15) is 0 Å². The molecule has 0 radical (unpaired) electrons. The second kappa shape index (κ2) is 3.58. The largest absolute Gasteiger partial charge is 0.497 e. The zero-order chi connectivity index (χ0) is 10.0. The lowest BCUT2D eigenvalue weighted by atomic mass is 9.91. The van der Waals surface area contributed by atoms with Gasteiger partial charge in [0, 0.05) is 19.5 Å². The van der Waals surface area contributed by atoms with Crippen LogP contribution in [0.5, 0.6) is 5.75 Å². The van der Waals surface area contributed by atoms with Crippen LogP contribution in [-0.4, -0.2) is 25.9 Å². The highest BCUT2D eigenvalue weighted by Crippen LogP contribution is 2.24. The molecule has 0 saturated carbocycles. The minimum atomic E-state index is -1.05. The van der Waals surface area contributed by atoms with Crippen LogP contribution in [0.4, 0.5) is 4.39 Å². The summed E-state index contributed by atoms with van der Waals surface area (Å²) in [5, 5.41) is 2.94. The monoisotopic (exact) mass is 195 g/mol. The fraction of sp³-hybridized carbons (Fsp3) is 0.455. The molecule has 1 heterocycles. The van der Waals surface area contributed by atoms with Gasteiger partial charge >= 0.3 is 0 Å². The van der Waals surface area contributed by atoms with Gasteiger partial charge in [-0.1, -0.05) is 12.1 Å². The van der Waals surface area contributed by atoms with Gasteiger partial charge in [-0.15, -0.1) is 0 Å². The first kappa shape index (κ1) is 9.46. The quantitative estimate of drug-likeness (QED) is 0.790. The van der Waals surface area contributed by atoms with Crippen LogP contribution >= 0.6 is 0 Å². The molecule has 1 aliphatic heterocycles. The molecule has 0 amide bonds. The van der Waals surface area contributed by atoms with Crippen LogP contribution in [0.3, 0.4) is 0 Å². The summed E-state index contributed by atoms with van der Waals surface area (Å²) in [6.45, 7) is 0.925. The molecule has 0 atom stereocenters. The first-order valence-corrected chi connectivity index (χ1v) is 4.74. The van der Waals surface area contributed by atoms with Crippen LogP contribution in [0, 0.1) is 0 Å². The summed E-state index contributed by atoms with van der Waals surface area (Å²) in [7, 11) is 1.62. The second-order valence-corrected chi connectivity index (χ2v) is 3.78. The fourth-order valence-electron chi connectivity index (χ4n) is 1.67. The third-order valence-corrected chi connectivity index (χ3v) is 2.54. The van der Waals surface area contributed by atoms with Gasteiger partial charge in [-0.3, -0.25) is 0 Å². The Bertz CT molecular complexity index is 323. The maximum Gasteiger partial charge on any atom is 0.139 e. The van der Waals surface area contributed by atoms with Crippen LogP contribution in [-0.2, 0) is 6.42 Å². The van der Waals surface area contributed by atoms with Crippen LogP contribution in [0.2, 0.25) is 0 Å². The first-order chi connectivity index (χ1) is 6.72. The molecule has 2 rings (SSSR count). The van der Waals surface area contributed by atoms with Crippen LogP contribution in [0.25, 0.3) is 0 Å². The van der Waals surface area contributed by atoms with Crippen LogP contribution in [0.15, 0.2) is 24.3 Å². The van der Waals surface area contributed by atoms with E-state index in [0.717, 1.165) is 11.3 Å². The minimum absolute atomic E-state index is 0.463. The summed E-state index contributed by atoms with van der Waals surface area (Å²) in [5.41, 5.74) is -0.0554. The van der Waals surface area contributed by atoms with E-state index in [0.29, 0.717) is 19.5 Å². The van der Waals surface area contributed by atoms with Crippen LogP contribution in [0.1, 0.15) is 5.56 Å². The lowest BCUT2D eigenvalue weighted by Gasteiger charge is -2.35. The van der Waals surface area contributed by atoms with Crippen molar-refractivity contribution in [1.29, 1.82) is 0 Å². The molecule has 1 aromatic carbocycles. The summed E-state index contributed by atoms with van der Waals surface area (Å²) in [6.07, 6.45) is 0.469.